The van der Waals surface area contributed by atoms with E-state index in [2.05, 4.69) is 30.2 Å². The van der Waals surface area contributed by atoms with Crippen LogP contribution >= 0.6 is 0 Å². The maximum atomic E-state index is 15.0. The third-order valence-corrected chi connectivity index (χ3v) is 8.85. The third-order valence-electron chi connectivity index (χ3n) is 8.85. The van der Waals surface area contributed by atoms with E-state index in [1.54, 1.807) is 23.7 Å². The molecule has 0 bridgehead atoms. The lowest BCUT2D eigenvalue weighted by Crippen LogP contribution is -2.33. The number of carbonyl (C=O) groups is 1. The molecule has 2 aliphatic rings. The minimum absolute atomic E-state index is 0.0806. The van der Waals surface area contributed by atoms with E-state index in [9.17, 15) is 4.79 Å². The van der Waals surface area contributed by atoms with Gasteiger partial charge in [0.1, 0.15) is 11.6 Å². The van der Waals surface area contributed by atoms with Crippen LogP contribution in [-0.2, 0) is 47.7 Å². The third kappa shape index (κ3) is 6.63. The predicted octanol–water partition coefficient (Wildman–Crippen LogP) is 6.22. The molecule has 0 N–H and O–H groups in total. The smallest absolute Gasteiger partial charge is 0.211 e. The first kappa shape index (κ1) is 28.5. The van der Waals surface area contributed by atoms with Crippen molar-refractivity contribution < 1.29 is 18.7 Å². The zero-order valence-electron chi connectivity index (χ0n) is 24.2. The molecule has 0 spiro atoms. The van der Waals surface area contributed by atoms with Gasteiger partial charge in [0.25, 0.3) is 0 Å². The number of pyridine rings is 1. The van der Waals surface area contributed by atoms with Crippen LogP contribution in [-0.4, -0.2) is 40.4 Å². The van der Waals surface area contributed by atoms with Gasteiger partial charge in [-0.05, 0) is 105 Å². The number of benzene rings is 1. The van der Waals surface area contributed by atoms with Crippen molar-refractivity contribution in [3.63, 3.8) is 0 Å². The van der Waals surface area contributed by atoms with Crippen LogP contribution in [0.3, 0.4) is 0 Å². The van der Waals surface area contributed by atoms with Gasteiger partial charge in [-0.25, -0.2) is 9.07 Å². The zero-order chi connectivity index (χ0) is 28.1. The predicted molar refractivity (Wildman–Crippen MR) is 153 cm³/mol. The Morgan fingerprint density at radius 2 is 1.93 bits per heavy atom. The fraction of sp³-hybridized carbons (Fsp3) is 0.545. The first-order chi connectivity index (χ1) is 19.3. The van der Waals surface area contributed by atoms with Gasteiger partial charge in [0.15, 0.2) is 0 Å². The highest BCUT2D eigenvalue weighted by atomic mass is 19.1. The van der Waals surface area contributed by atoms with E-state index in [4.69, 9.17) is 14.5 Å². The van der Waals surface area contributed by atoms with Gasteiger partial charge < -0.3 is 14.3 Å². The second-order valence-electron chi connectivity index (χ2n) is 11.6. The Hall–Kier alpha value is -3.06. The Kier molecular flexibility index (Phi) is 8.99. The number of hydrogen-bond donors (Lipinski definition) is 0. The molecule has 214 valence electrons. The normalized spacial score (nSPS) is 17.3. The fourth-order valence-corrected chi connectivity index (χ4v) is 6.44. The number of ether oxygens (including phenoxy) is 2. The topological polar surface area (TPSA) is 66.2 Å². The highest BCUT2D eigenvalue weighted by molar-refractivity contribution is 5.76. The average Bonchev–Trinajstić information content (AvgIpc) is 3.30. The number of ketones is 1. The molecule has 3 heterocycles. The van der Waals surface area contributed by atoms with Crippen LogP contribution in [0, 0.1) is 5.82 Å². The Bertz CT molecular complexity index is 1330. The molecule has 3 aromatic rings. The first-order valence-electron chi connectivity index (χ1n) is 14.9. The molecular weight excluding hydrogens is 505 g/mol. The molecule has 40 heavy (non-hydrogen) atoms. The number of nitrogens with zero attached hydrogens (tertiary/aromatic N) is 3. The van der Waals surface area contributed by atoms with Crippen LogP contribution in [0.25, 0.3) is 0 Å². The Morgan fingerprint density at radius 3 is 2.70 bits per heavy atom. The van der Waals surface area contributed by atoms with Crippen LogP contribution in [0.4, 0.5) is 4.39 Å². The van der Waals surface area contributed by atoms with Crippen molar-refractivity contribution in [2.24, 2.45) is 7.05 Å². The quantitative estimate of drug-likeness (QED) is 0.285. The summed E-state index contributed by atoms with van der Waals surface area (Å²) in [6.45, 7) is 5.66. The molecule has 1 aliphatic carbocycles. The van der Waals surface area contributed by atoms with E-state index in [1.165, 1.54) is 24.1 Å². The monoisotopic (exact) mass is 547 g/mol. The summed E-state index contributed by atoms with van der Waals surface area (Å²) in [6.07, 6.45) is 8.96. The van der Waals surface area contributed by atoms with Crippen molar-refractivity contribution in [2.45, 2.75) is 89.4 Å². The van der Waals surface area contributed by atoms with E-state index < -0.39 is 0 Å². The largest absolute Gasteiger partial charge is 0.477 e. The molecule has 1 aliphatic heterocycles. The molecule has 0 radical (unpaired) electrons. The number of rotatable bonds is 11. The Balaban J connectivity index is 1.29. The van der Waals surface area contributed by atoms with Crippen LogP contribution in [0.5, 0.6) is 5.88 Å². The highest BCUT2D eigenvalue weighted by Crippen LogP contribution is 2.40. The lowest BCUT2D eigenvalue weighted by Gasteiger charge is -2.37. The van der Waals surface area contributed by atoms with Crippen LogP contribution in [0.15, 0.2) is 36.4 Å². The molecule has 1 aromatic carbocycles. The van der Waals surface area contributed by atoms with E-state index in [0.29, 0.717) is 38.5 Å². The summed E-state index contributed by atoms with van der Waals surface area (Å²) in [5, 5.41) is 4.69. The van der Waals surface area contributed by atoms with Crippen LogP contribution in [0.1, 0.15) is 92.1 Å². The summed E-state index contributed by atoms with van der Waals surface area (Å²) in [4.78, 5) is 17.1. The Morgan fingerprint density at radius 1 is 1.12 bits per heavy atom. The van der Waals surface area contributed by atoms with E-state index in [-0.39, 0.29) is 22.9 Å². The number of Topliss-reactive ketones (excluding diaryl/α,β-unsaturated/α-hetero) is 1. The molecule has 7 heteroatoms. The number of aryl methyl sites for hydroxylation is 3. The highest BCUT2D eigenvalue weighted by Gasteiger charge is 2.34. The van der Waals surface area contributed by atoms with Crippen molar-refractivity contribution >= 4 is 5.78 Å². The molecule has 0 saturated carbocycles. The van der Waals surface area contributed by atoms with Gasteiger partial charge in [0.05, 0.1) is 12.3 Å². The second-order valence-corrected chi connectivity index (χ2v) is 11.6. The van der Waals surface area contributed by atoms with E-state index >= 15 is 4.39 Å². The van der Waals surface area contributed by atoms with Crippen LogP contribution < -0.4 is 4.74 Å². The SMILES string of the molecule is CCC1(c2cc(F)cc(C(CC(C)=O)Cc3cc(OCCc4ccc5c(n4)CCCC5)n(C)n3)c2)CCOCC1. The molecule has 5 rings (SSSR count). The number of halogens is 1. The molecule has 1 fully saturated rings. The van der Waals surface area contributed by atoms with Crippen molar-refractivity contribution in [3.05, 3.63) is 76.0 Å². The van der Waals surface area contributed by atoms with Crippen LogP contribution in [0.2, 0.25) is 0 Å². The number of hydrogen-bond acceptors (Lipinski definition) is 5. The standard InChI is InChI=1S/C33H42FN3O3/c1-4-33(12-15-39-16-13-33)27-18-26(19-28(34)21-27)25(17-23(2)38)20-30-22-32(37(3)36-30)40-14-11-29-10-9-24-7-5-6-8-31(24)35-29/h9-10,18-19,21-22,25H,4-8,11-17,20H2,1-3H3. The lowest BCUT2D eigenvalue weighted by atomic mass is 9.71. The summed E-state index contributed by atoms with van der Waals surface area (Å²) < 4.78 is 28.5. The van der Waals surface area contributed by atoms with Crippen molar-refractivity contribution in [2.75, 3.05) is 19.8 Å². The molecular formula is C33H42FN3O3. The summed E-state index contributed by atoms with van der Waals surface area (Å²) in [7, 11) is 1.87. The molecule has 2 aromatic heterocycles. The molecule has 0 amide bonds. The van der Waals surface area contributed by atoms with Gasteiger partial charge in [0, 0.05) is 50.6 Å². The molecule has 6 nitrogen and oxygen atoms in total. The van der Waals surface area contributed by atoms with E-state index in [1.807, 2.05) is 13.1 Å². The number of carbonyl (C=O) groups excluding carboxylic acids is 1. The number of aromatic nitrogens is 3. The van der Waals surface area contributed by atoms with Gasteiger partial charge >= 0.3 is 0 Å². The molecule has 1 atom stereocenters. The molecule has 1 unspecified atom stereocenters. The van der Waals surface area contributed by atoms with Gasteiger partial charge in [-0.3, -0.25) is 4.98 Å². The lowest BCUT2D eigenvalue weighted by molar-refractivity contribution is -0.117. The average molecular weight is 548 g/mol. The van der Waals surface area contributed by atoms with Gasteiger partial charge in [-0.1, -0.05) is 19.1 Å². The summed E-state index contributed by atoms with van der Waals surface area (Å²) in [5.74, 6) is 0.350. The van der Waals surface area contributed by atoms with Crippen molar-refractivity contribution in [1.29, 1.82) is 0 Å². The Labute approximate surface area is 237 Å². The van der Waals surface area contributed by atoms with Crippen molar-refractivity contribution in [3.8, 4) is 5.88 Å². The fourth-order valence-electron chi connectivity index (χ4n) is 6.44. The van der Waals surface area contributed by atoms with Crippen molar-refractivity contribution in [1.82, 2.24) is 14.8 Å². The summed E-state index contributed by atoms with van der Waals surface area (Å²) >= 11 is 0. The number of fused-ring (bicyclic) bond motifs is 1. The van der Waals surface area contributed by atoms with Gasteiger partial charge in [-0.2, -0.15) is 5.10 Å². The van der Waals surface area contributed by atoms with Gasteiger partial charge in [-0.15, -0.1) is 0 Å². The maximum Gasteiger partial charge on any atom is 0.211 e. The van der Waals surface area contributed by atoms with E-state index in [0.717, 1.165) is 61.0 Å². The maximum absolute atomic E-state index is 15.0. The molecule has 1 saturated heterocycles. The summed E-state index contributed by atoms with van der Waals surface area (Å²) in [5.41, 5.74) is 6.30. The van der Waals surface area contributed by atoms with Gasteiger partial charge in [0.2, 0.25) is 5.88 Å². The minimum atomic E-state index is -0.249. The first-order valence-corrected chi connectivity index (χ1v) is 14.9. The zero-order valence-corrected chi connectivity index (χ0v) is 24.2. The summed E-state index contributed by atoms with van der Waals surface area (Å²) in [6, 6.07) is 11.7. The second kappa shape index (κ2) is 12.6. The minimum Gasteiger partial charge on any atom is -0.477 e.